The highest BCUT2D eigenvalue weighted by molar-refractivity contribution is 6.10. The first-order chi connectivity index (χ1) is 16.3. The van der Waals surface area contributed by atoms with E-state index in [9.17, 15) is 24.5 Å². The first-order valence-electron chi connectivity index (χ1n) is 10.2. The minimum absolute atomic E-state index is 0.0386. The topological polar surface area (TPSA) is 166 Å². The van der Waals surface area contributed by atoms with Crippen LogP contribution in [-0.2, 0) is 17.8 Å². The SMILES string of the molecule is CNc1ccc([N+](=O)[O-])cc1C(=O)N(Cc1ccccc1)c1c(N)n(CCOC)c(=O)[nH]c1=O. The lowest BCUT2D eigenvalue weighted by Gasteiger charge is -2.25. The summed E-state index contributed by atoms with van der Waals surface area (Å²) in [5, 5.41) is 14.2. The summed E-state index contributed by atoms with van der Waals surface area (Å²) in [7, 11) is 3.01. The van der Waals surface area contributed by atoms with E-state index in [0.717, 1.165) is 15.5 Å². The molecule has 0 saturated heterocycles. The molecule has 1 aromatic heterocycles. The Kier molecular flexibility index (Phi) is 7.43. The molecule has 12 heteroatoms. The molecule has 0 bridgehead atoms. The van der Waals surface area contributed by atoms with Crippen molar-refractivity contribution >= 4 is 28.8 Å². The van der Waals surface area contributed by atoms with Gasteiger partial charge in [-0.15, -0.1) is 0 Å². The van der Waals surface area contributed by atoms with Crippen molar-refractivity contribution in [1.29, 1.82) is 0 Å². The summed E-state index contributed by atoms with van der Waals surface area (Å²) in [6.07, 6.45) is 0. The van der Waals surface area contributed by atoms with Gasteiger partial charge in [0, 0.05) is 32.0 Å². The Labute approximate surface area is 193 Å². The number of benzene rings is 2. The molecule has 0 atom stereocenters. The Bertz CT molecular complexity index is 1320. The van der Waals surface area contributed by atoms with E-state index >= 15 is 0 Å². The number of aromatic nitrogens is 2. The summed E-state index contributed by atoms with van der Waals surface area (Å²) in [5.41, 5.74) is 5.00. The van der Waals surface area contributed by atoms with Crippen molar-refractivity contribution in [1.82, 2.24) is 9.55 Å². The van der Waals surface area contributed by atoms with Gasteiger partial charge in [0.05, 0.1) is 30.2 Å². The van der Waals surface area contributed by atoms with Gasteiger partial charge in [-0.3, -0.25) is 34.2 Å². The normalized spacial score (nSPS) is 10.6. The van der Waals surface area contributed by atoms with Crippen LogP contribution >= 0.6 is 0 Å². The van der Waals surface area contributed by atoms with E-state index in [-0.39, 0.29) is 42.5 Å². The van der Waals surface area contributed by atoms with Gasteiger partial charge in [-0.25, -0.2) is 4.79 Å². The Morgan fingerprint density at radius 1 is 1.24 bits per heavy atom. The van der Waals surface area contributed by atoms with Gasteiger partial charge in [-0.2, -0.15) is 0 Å². The number of nitrogen functional groups attached to an aromatic ring is 1. The standard InChI is InChI=1S/C22H24N6O6/c1-24-17-9-8-15(28(32)33)12-16(17)21(30)27(13-14-6-4-3-5-7-14)18-19(23)26(10-11-34-2)22(31)25-20(18)29/h3-9,12,24H,10-11,13,23H2,1-2H3,(H,25,29,31). The molecule has 0 radical (unpaired) electrons. The van der Waals surface area contributed by atoms with Crippen molar-refractivity contribution < 1.29 is 14.5 Å². The summed E-state index contributed by atoms with van der Waals surface area (Å²) in [5.74, 6) is -0.947. The third-order valence-corrected chi connectivity index (χ3v) is 5.15. The van der Waals surface area contributed by atoms with Gasteiger partial charge in [-0.1, -0.05) is 30.3 Å². The van der Waals surface area contributed by atoms with Gasteiger partial charge in [0.25, 0.3) is 17.2 Å². The summed E-state index contributed by atoms with van der Waals surface area (Å²) < 4.78 is 6.10. The van der Waals surface area contributed by atoms with Crippen LogP contribution in [-0.4, -0.2) is 41.1 Å². The van der Waals surface area contributed by atoms with Gasteiger partial charge >= 0.3 is 5.69 Å². The minimum atomic E-state index is -0.864. The number of aromatic amines is 1. The smallest absolute Gasteiger partial charge is 0.330 e. The van der Waals surface area contributed by atoms with Crippen molar-refractivity contribution in [2.45, 2.75) is 13.1 Å². The number of nitrogens with zero attached hydrogens (tertiary/aromatic N) is 3. The number of H-pyrrole nitrogens is 1. The van der Waals surface area contributed by atoms with E-state index in [1.165, 1.54) is 19.2 Å². The zero-order chi connectivity index (χ0) is 24.8. The van der Waals surface area contributed by atoms with Crippen LogP contribution < -0.4 is 27.2 Å². The quantitative estimate of drug-likeness (QED) is 0.314. The van der Waals surface area contributed by atoms with E-state index < -0.39 is 22.1 Å². The van der Waals surface area contributed by atoms with Crippen molar-refractivity contribution in [3.05, 3.63) is 90.6 Å². The number of amides is 1. The van der Waals surface area contributed by atoms with Crippen molar-refractivity contribution in [2.24, 2.45) is 0 Å². The van der Waals surface area contributed by atoms with E-state index in [1.807, 2.05) is 0 Å². The lowest BCUT2D eigenvalue weighted by molar-refractivity contribution is -0.384. The zero-order valence-corrected chi connectivity index (χ0v) is 18.6. The number of hydrogen-bond acceptors (Lipinski definition) is 8. The first-order valence-corrected chi connectivity index (χ1v) is 10.2. The summed E-state index contributed by atoms with van der Waals surface area (Å²) in [6.45, 7) is 0.0924. The molecule has 1 amide bonds. The lowest BCUT2D eigenvalue weighted by Crippen LogP contribution is -2.41. The molecule has 0 saturated carbocycles. The van der Waals surface area contributed by atoms with Gasteiger partial charge in [0.1, 0.15) is 5.82 Å². The Morgan fingerprint density at radius 3 is 2.56 bits per heavy atom. The number of nitrogens with one attached hydrogen (secondary N) is 2. The Hall–Kier alpha value is -4.45. The zero-order valence-electron chi connectivity index (χ0n) is 18.6. The highest BCUT2D eigenvalue weighted by Crippen LogP contribution is 2.27. The fourth-order valence-corrected chi connectivity index (χ4v) is 3.45. The number of carbonyl (C=O) groups excluding carboxylic acids is 1. The van der Waals surface area contributed by atoms with Gasteiger partial charge in [0.2, 0.25) is 0 Å². The number of non-ortho nitro benzene ring substituents is 1. The molecule has 178 valence electrons. The number of ether oxygens (including phenoxy) is 1. The van der Waals surface area contributed by atoms with E-state index in [2.05, 4.69) is 10.3 Å². The Morgan fingerprint density at radius 2 is 1.94 bits per heavy atom. The molecular weight excluding hydrogens is 444 g/mol. The summed E-state index contributed by atoms with van der Waals surface area (Å²) >= 11 is 0. The third-order valence-electron chi connectivity index (χ3n) is 5.15. The number of rotatable bonds is 9. The van der Waals surface area contributed by atoms with Crippen LogP contribution in [0, 0.1) is 10.1 Å². The summed E-state index contributed by atoms with van der Waals surface area (Å²) in [4.78, 5) is 53.0. The van der Waals surface area contributed by atoms with Crippen LogP contribution in [0.15, 0.2) is 58.1 Å². The molecule has 2 aromatic carbocycles. The number of nitro benzene ring substituents is 1. The van der Waals surface area contributed by atoms with Crippen LogP contribution in [0.4, 0.5) is 22.9 Å². The molecule has 3 aromatic rings. The average Bonchev–Trinajstić information content (AvgIpc) is 2.82. The molecule has 34 heavy (non-hydrogen) atoms. The molecule has 0 unspecified atom stereocenters. The number of carbonyl (C=O) groups is 1. The second-order valence-electron chi connectivity index (χ2n) is 7.25. The molecule has 1 heterocycles. The highest BCUT2D eigenvalue weighted by Gasteiger charge is 2.28. The maximum Gasteiger partial charge on any atom is 0.330 e. The number of anilines is 3. The lowest BCUT2D eigenvalue weighted by atomic mass is 10.1. The second kappa shape index (κ2) is 10.4. The molecule has 0 fully saturated rings. The maximum atomic E-state index is 13.8. The van der Waals surface area contributed by atoms with Gasteiger partial charge in [-0.05, 0) is 11.6 Å². The highest BCUT2D eigenvalue weighted by atomic mass is 16.6. The van der Waals surface area contributed by atoms with Crippen LogP contribution in [0.3, 0.4) is 0 Å². The van der Waals surface area contributed by atoms with Crippen molar-refractivity contribution in [3.8, 4) is 0 Å². The molecule has 0 aliphatic heterocycles. The molecule has 0 spiro atoms. The van der Waals surface area contributed by atoms with Crippen LogP contribution in [0.2, 0.25) is 0 Å². The summed E-state index contributed by atoms with van der Waals surface area (Å²) in [6, 6.07) is 12.6. The van der Waals surface area contributed by atoms with Crippen LogP contribution in [0.25, 0.3) is 0 Å². The monoisotopic (exact) mass is 468 g/mol. The number of nitrogens with two attached hydrogens (primary N) is 1. The largest absolute Gasteiger partial charge is 0.387 e. The van der Waals surface area contributed by atoms with E-state index in [4.69, 9.17) is 10.5 Å². The molecule has 0 aliphatic carbocycles. The maximum absolute atomic E-state index is 13.8. The van der Waals surface area contributed by atoms with E-state index in [0.29, 0.717) is 11.3 Å². The van der Waals surface area contributed by atoms with Crippen molar-refractivity contribution in [2.75, 3.05) is 36.7 Å². The number of hydrogen-bond donors (Lipinski definition) is 3. The van der Waals surface area contributed by atoms with E-state index in [1.54, 1.807) is 37.4 Å². The van der Waals surface area contributed by atoms with Crippen molar-refractivity contribution in [3.63, 3.8) is 0 Å². The molecule has 0 aliphatic rings. The fraction of sp³-hybridized carbons (Fsp3) is 0.227. The third kappa shape index (κ3) is 4.96. The van der Waals surface area contributed by atoms with Crippen LogP contribution in [0.5, 0.6) is 0 Å². The predicted octanol–water partition coefficient (Wildman–Crippen LogP) is 1.56. The average molecular weight is 468 g/mol. The molecule has 3 rings (SSSR count). The predicted molar refractivity (Wildman–Crippen MR) is 127 cm³/mol. The van der Waals surface area contributed by atoms with Crippen LogP contribution in [0.1, 0.15) is 15.9 Å². The van der Waals surface area contributed by atoms with Gasteiger partial charge in [0.15, 0.2) is 5.69 Å². The Balaban J connectivity index is 2.23. The molecular formula is C22H24N6O6. The molecule has 12 nitrogen and oxygen atoms in total. The molecule has 4 N–H and O–H groups in total. The number of nitro groups is 1. The first kappa shape index (κ1) is 24.2. The minimum Gasteiger partial charge on any atom is -0.387 e. The number of methoxy groups -OCH3 is 1. The second-order valence-corrected chi connectivity index (χ2v) is 7.25. The van der Waals surface area contributed by atoms with Gasteiger partial charge < -0.3 is 15.8 Å². The fourth-order valence-electron chi connectivity index (χ4n) is 3.45.